The van der Waals surface area contributed by atoms with Crippen molar-refractivity contribution in [2.24, 2.45) is 5.41 Å². The lowest BCUT2D eigenvalue weighted by atomic mass is 9.95. The highest BCUT2D eigenvalue weighted by Gasteiger charge is 2.21. The molecule has 1 unspecified atom stereocenters. The quantitative estimate of drug-likeness (QED) is 0.837. The number of nitrogens with zero attached hydrogens (tertiary/aromatic N) is 1. The molecule has 0 radical (unpaired) electrons. The van der Waals surface area contributed by atoms with Crippen LogP contribution in [0.3, 0.4) is 0 Å². The maximum Gasteiger partial charge on any atom is 0.142 e. The summed E-state index contributed by atoms with van der Waals surface area (Å²) in [6.07, 6.45) is 0. The van der Waals surface area contributed by atoms with Gasteiger partial charge in [-0.25, -0.2) is 4.39 Å². The first-order valence-electron chi connectivity index (χ1n) is 5.56. The Bertz CT molecular complexity index is 481. The lowest BCUT2D eigenvalue weighted by molar-refractivity contribution is 0.415. The summed E-state index contributed by atoms with van der Waals surface area (Å²) in [6.45, 7) is 5.94. The van der Waals surface area contributed by atoms with Gasteiger partial charge in [-0.15, -0.1) is 0 Å². The highest BCUT2D eigenvalue weighted by molar-refractivity contribution is 6.36. The van der Waals surface area contributed by atoms with E-state index in [1.165, 1.54) is 12.1 Å². The number of halogens is 3. The smallest absolute Gasteiger partial charge is 0.142 e. The number of nitrogens with one attached hydrogen (secondary N) is 1. The van der Waals surface area contributed by atoms with Crippen LogP contribution in [0.25, 0.3) is 0 Å². The van der Waals surface area contributed by atoms with Gasteiger partial charge in [-0.05, 0) is 32.9 Å². The van der Waals surface area contributed by atoms with E-state index in [1.54, 1.807) is 0 Å². The first-order valence-corrected chi connectivity index (χ1v) is 6.32. The van der Waals surface area contributed by atoms with Crippen LogP contribution in [0.15, 0.2) is 12.1 Å². The minimum atomic E-state index is -0.499. The van der Waals surface area contributed by atoms with Gasteiger partial charge >= 0.3 is 0 Å². The molecule has 0 spiro atoms. The molecule has 1 aromatic carbocycles. The van der Waals surface area contributed by atoms with Crippen LogP contribution in [-0.4, -0.2) is 6.54 Å². The molecule has 1 aromatic rings. The van der Waals surface area contributed by atoms with Gasteiger partial charge in [-0.2, -0.15) is 5.26 Å². The number of benzene rings is 1. The van der Waals surface area contributed by atoms with E-state index in [9.17, 15) is 4.39 Å². The Morgan fingerprint density at radius 2 is 2.06 bits per heavy atom. The van der Waals surface area contributed by atoms with Crippen LogP contribution >= 0.6 is 23.2 Å². The summed E-state index contributed by atoms with van der Waals surface area (Å²) in [7, 11) is 0. The van der Waals surface area contributed by atoms with Crippen molar-refractivity contribution in [2.75, 3.05) is 6.54 Å². The summed E-state index contributed by atoms with van der Waals surface area (Å²) < 4.78 is 13.4. The van der Waals surface area contributed by atoms with E-state index in [-0.39, 0.29) is 11.1 Å². The van der Waals surface area contributed by atoms with Crippen molar-refractivity contribution >= 4 is 23.2 Å². The molecule has 0 aliphatic carbocycles. The molecule has 0 aromatic heterocycles. The molecule has 0 bridgehead atoms. The lowest BCUT2D eigenvalue weighted by Crippen LogP contribution is -2.30. The van der Waals surface area contributed by atoms with Crippen molar-refractivity contribution in [1.29, 1.82) is 5.26 Å². The van der Waals surface area contributed by atoms with Crippen molar-refractivity contribution in [3.8, 4) is 6.07 Å². The van der Waals surface area contributed by atoms with E-state index >= 15 is 0 Å². The monoisotopic (exact) mass is 288 g/mol. The van der Waals surface area contributed by atoms with Gasteiger partial charge in [0.25, 0.3) is 0 Å². The Hall–Kier alpha value is -0.820. The maximum absolute atomic E-state index is 13.4. The molecule has 0 saturated carbocycles. The van der Waals surface area contributed by atoms with E-state index in [0.717, 1.165) is 0 Å². The molecule has 1 atom stereocenters. The molecular formula is C13H15Cl2FN2. The lowest BCUT2D eigenvalue weighted by Gasteiger charge is -2.22. The van der Waals surface area contributed by atoms with Gasteiger partial charge in [-0.3, -0.25) is 0 Å². The number of rotatable bonds is 4. The first-order chi connectivity index (χ1) is 8.28. The Morgan fingerprint density at radius 3 is 2.61 bits per heavy atom. The third-order valence-corrected chi connectivity index (χ3v) is 3.38. The molecule has 1 N–H and O–H groups in total. The summed E-state index contributed by atoms with van der Waals surface area (Å²) in [6, 6.07) is 4.67. The first kappa shape index (κ1) is 15.2. The second-order valence-corrected chi connectivity index (χ2v) is 5.64. The summed E-state index contributed by atoms with van der Waals surface area (Å²) in [5, 5.41) is 12.5. The predicted octanol–water partition coefficient (Wildman–Crippen LogP) is 4.33. The molecule has 18 heavy (non-hydrogen) atoms. The average Bonchev–Trinajstić information content (AvgIpc) is 2.32. The number of nitriles is 1. The number of hydrogen-bond donors (Lipinski definition) is 1. The van der Waals surface area contributed by atoms with Gasteiger partial charge in [0.15, 0.2) is 0 Å². The molecular weight excluding hydrogens is 274 g/mol. The fraction of sp³-hybridized carbons (Fsp3) is 0.462. The van der Waals surface area contributed by atoms with Crippen molar-refractivity contribution in [3.05, 3.63) is 33.6 Å². The zero-order chi connectivity index (χ0) is 13.9. The second kappa shape index (κ2) is 5.88. The van der Waals surface area contributed by atoms with E-state index < -0.39 is 11.2 Å². The fourth-order valence-electron chi connectivity index (χ4n) is 1.49. The van der Waals surface area contributed by atoms with E-state index in [2.05, 4.69) is 11.4 Å². The van der Waals surface area contributed by atoms with Crippen molar-refractivity contribution in [2.45, 2.75) is 26.8 Å². The van der Waals surface area contributed by atoms with E-state index in [0.29, 0.717) is 17.1 Å². The SMILES string of the molecule is CC(NCC(C)(C)C#N)c1c(Cl)ccc(F)c1Cl. The molecule has 0 amide bonds. The summed E-state index contributed by atoms with van der Waals surface area (Å²) in [5.74, 6) is -0.496. The normalized spacial score (nSPS) is 13.2. The second-order valence-electron chi connectivity index (χ2n) is 4.86. The van der Waals surface area contributed by atoms with Crippen LogP contribution in [0.5, 0.6) is 0 Å². The molecule has 2 nitrogen and oxygen atoms in total. The standard InChI is InChI=1S/C13H15Cl2FN2/c1-8(18-7-13(2,3)6-17)11-9(14)4-5-10(16)12(11)15/h4-5,8,18H,7H2,1-3H3. The Kier molecular flexibility index (Phi) is 4.98. The average molecular weight is 289 g/mol. The predicted molar refractivity (Wildman–Crippen MR) is 72.2 cm³/mol. The van der Waals surface area contributed by atoms with E-state index in [1.807, 2.05) is 20.8 Å². The summed E-state index contributed by atoms with van der Waals surface area (Å²) in [4.78, 5) is 0. The number of hydrogen-bond acceptors (Lipinski definition) is 2. The molecule has 98 valence electrons. The fourth-order valence-corrected chi connectivity index (χ4v) is 2.19. The molecule has 5 heteroatoms. The zero-order valence-electron chi connectivity index (χ0n) is 10.5. The van der Waals surface area contributed by atoms with Crippen molar-refractivity contribution in [3.63, 3.8) is 0 Å². The van der Waals surface area contributed by atoms with Crippen LogP contribution in [-0.2, 0) is 0 Å². The molecule has 0 heterocycles. The molecule has 0 saturated heterocycles. The molecule has 0 aliphatic rings. The minimum Gasteiger partial charge on any atom is -0.309 e. The van der Waals surface area contributed by atoms with Gasteiger partial charge in [0.1, 0.15) is 5.82 Å². The minimum absolute atomic E-state index is 0.0252. The third kappa shape index (κ3) is 3.58. The van der Waals surface area contributed by atoms with Crippen LogP contribution in [0.1, 0.15) is 32.4 Å². The van der Waals surface area contributed by atoms with Crippen molar-refractivity contribution in [1.82, 2.24) is 5.32 Å². The molecule has 0 aliphatic heterocycles. The Morgan fingerprint density at radius 1 is 1.44 bits per heavy atom. The topological polar surface area (TPSA) is 35.8 Å². The third-order valence-electron chi connectivity index (χ3n) is 2.67. The van der Waals surface area contributed by atoms with Gasteiger partial charge < -0.3 is 5.32 Å². The van der Waals surface area contributed by atoms with Gasteiger partial charge in [0.2, 0.25) is 0 Å². The van der Waals surface area contributed by atoms with Crippen molar-refractivity contribution < 1.29 is 4.39 Å². The summed E-state index contributed by atoms with van der Waals surface area (Å²) in [5.41, 5.74) is 0.0210. The Balaban J connectivity index is 2.89. The Labute approximate surface area is 117 Å². The molecule has 0 fully saturated rings. The molecule has 1 rings (SSSR count). The maximum atomic E-state index is 13.4. The highest BCUT2D eigenvalue weighted by atomic mass is 35.5. The summed E-state index contributed by atoms with van der Waals surface area (Å²) >= 11 is 11.9. The van der Waals surface area contributed by atoms with E-state index in [4.69, 9.17) is 28.5 Å². The van der Waals surface area contributed by atoms with Gasteiger partial charge in [0, 0.05) is 23.2 Å². The largest absolute Gasteiger partial charge is 0.309 e. The van der Waals surface area contributed by atoms with Gasteiger partial charge in [0.05, 0.1) is 16.5 Å². The van der Waals surface area contributed by atoms with Gasteiger partial charge in [-0.1, -0.05) is 23.2 Å². The van der Waals surface area contributed by atoms with Crippen LogP contribution in [0.4, 0.5) is 4.39 Å². The zero-order valence-corrected chi connectivity index (χ0v) is 12.0. The van der Waals surface area contributed by atoms with Crippen LogP contribution in [0.2, 0.25) is 10.0 Å². The highest BCUT2D eigenvalue weighted by Crippen LogP contribution is 2.32. The van der Waals surface area contributed by atoms with Crippen LogP contribution in [0, 0.1) is 22.6 Å². The van der Waals surface area contributed by atoms with Crippen LogP contribution < -0.4 is 5.32 Å².